The zero-order valence-electron chi connectivity index (χ0n) is 50.5. The SMILES string of the molecule is CC1(C)CCC2(C(=O)OC3OCC(O)C(OC4OC(CO)C(O)C(O)C4O)C3OC(=O)C=Cc3ccc(OC4OC(CO)C(O)C(O)C4O)cc3)C(O)CC3(C)C(=CCC4C5(C)CCC(OC6OC(C(=O)O)C(O)C(O)C6O)C(C)(C)C5CCC43C)C2C1. The number of hydrogen-bond donors (Lipinski definition) is 14. The first-order valence-corrected chi connectivity index (χ1v) is 30.7. The summed E-state index contributed by atoms with van der Waals surface area (Å²) >= 11 is 0. The van der Waals surface area contributed by atoms with Gasteiger partial charge in [0.1, 0.15) is 90.5 Å². The highest BCUT2D eigenvalue weighted by molar-refractivity contribution is 5.87. The summed E-state index contributed by atoms with van der Waals surface area (Å²) in [4.78, 5) is 41.7. The van der Waals surface area contributed by atoms with Gasteiger partial charge < -0.3 is 114 Å². The van der Waals surface area contributed by atoms with Crippen molar-refractivity contribution in [2.45, 2.75) is 235 Å². The van der Waals surface area contributed by atoms with E-state index >= 15 is 4.79 Å². The third-order valence-corrected chi connectivity index (χ3v) is 22.5. The lowest BCUT2D eigenvalue weighted by atomic mass is 9.33. The number of aliphatic hydroxyl groups excluding tert-OH is 13. The van der Waals surface area contributed by atoms with Crippen LogP contribution in [0.2, 0.25) is 0 Å². The summed E-state index contributed by atoms with van der Waals surface area (Å²) in [6, 6.07) is 5.91. The first-order valence-electron chi connectivity index (χ1n) is 30.7. The van der Waals surface area contributed by atoms with Crippen LogP contribution in [0.1, 0.15) is 112 Å². The Morgan fingerprint density at radius 3 is 1.85 bits per heavy atom. The van der Waals surface area contributed by atoms with Crippen LogP contribution < -0.4 is 4.74 Å². The van der Waals surface area contributed by atoms with Crippen molar-refractivity contribution in [3.8, 4) is 5.75 Å². The van der Waals surface area contributed by atoms with E-state index in [9.17, 15) is 81.1 Å². The van der Waals surface area contributed by atoms with Gasteiger partial charge in [-0.3, -0.25) is 4.79 Å². The molecule has 5 aliphatic carbocycles. The third-order valence-electron chi connectivity index (χ3n) is 22.5. The molecule has 1 aromatic rings. The molecule has 26 nitrogen and oxygen atoms in total. The molecule has 4 saturated heterocycles. The van der Waals surface area contributed by atoms with E-state index in [2.05, 4.69) is 54.5 Å². The van der Waals surface area contributed by atoms with Crippen LogP contribution in [0.3, 0.4) is 0 Å². The van der Waals surface area contributed by atoms with Crippen molar-refractivity contribution >= 4 is 24.0 Å². The number of benzene rings is 1. The number of fused-ring (bicyclic) bond motifs is 7. The number of carbonyl (C=O) groups is 3. The van der Waals surface area contributed by atoms with Gasteiger partial charge in [0.15, 0.2) is 24.8 Å². The molecule has 14 N–H and O–H groups in total. The highest BCUT2D eigenvalue weighted by Gasteiger charge is 2.72. The zero-order chi connectivity index (χ0) is 64.1. The highest BCUT2D eigenvalue weighted by atomic mass is 16.8. The predicted octanol–water partition coefficient (Wildman–Crippen LogP) is -0.714. The average molecular weight is 1250 g/mol. The second-order valence-corrected chi connectivity index (χ2v) is 28.3. The Bertz CT molecular complexity index is 2740. The van der Waals surface area contributed by atoms with E-state index in [1.165, 1.54) is 30.3 Å². The van der Waals surface area contributed by atoms with Gasteiger partial charge in [0, 0.05) is 6.08 Å². The quantitative estimate of drug-likeness (QED) is 0.0473. The highest BCUT2D eigenvalue weighted by Crippen LogP contribution is 2.76. The van der Waals surface area contributed by atoms with Crippen molar-refractivity contribution in [3.63, 3.8) is 0 Å². The number of hydrogen-bond acceptors (Lipinski definition) is 25. The predicted molar refractivity (Wildman–Crippen MR) is 300 cm³/mol. The van der Waals surface area contributed by atoms with Gasteiger partial charge in [-0.1, -0.05) is 72.2 Å². The van der Waals surface area contributed by atoms with Gasteiger partial charge in [0.2, 0.25) is 12.6 Å². The maximum absolute atomic E-state index is 15.7. The average Bonchev–Trinajstić information content (AvgIpc) is 0.678. The number of carbonyl (C=O) groups excluding carboxylic acids is 2. The lowest BCUT2D eigenvalue weighted by molar-refractivity contribution is -0.347. The van der Waals surface area contributed by atoms with Crippen LogP contribution >= 0.6 is 0 Å². The minimum absolute atomic E-state index is 0.0423. The molecule has 1 aromatic carbocycles. The molecule has 0 aromatic heterocycles. The number of carboxylic acid groups (broad SMARTS) is 1. The maximum atomic E-state index is 15.7. The van der Waals surface area contributed by atoms with Gasteiger partial charge in [-0.05, 0) is 126 Å². The number of ether oxygens (including phenoxy) is 9. The molecule has 88 heavy (non-hydrogen) atoms. The number of esters is 2. The normalized spacial score (nSPS) is 48.1. The van der Waals surface area contributed by atoms with Gasteiger partial charge in [0.05, 0.1) is 32.0 Å². The van der Waals surface area contributed by atoms with Gasteiger partial charge in [-0.2, -0.15) is 0 Å². The fraction of sp³-hybridized carbons (Fsp3) is 0.790. The van der Waals surface area contributed by atoms with Crippen LogP contribution in [0.25, 0.3) is 6.08 Å². The summed E-state index contributed by atoms with van der Waals surface area (Å²) in [6.07, 6.45) is -25.0. The number of carboxylic acids is 1. The lowest BCUT2D eigenvalue weighted by Crippen LogP contribution is -2.68. The van der Waals surface area contributed by atoms with E-state index in [0.29, 0.717) is 37.7 Å². The molecule has 26 heteroatoms. The number of aliphatic carboxylic acids is 1. The molecule has 4 heterocycles. The van der Waals surface area contributed by atoms with E-state index in [1.807, 2.05) is 0 Å². The first-order chi connectivity index (χ1) is 41.3. The molecular formula is C62H90O26. The Labute approximate surface area is 509 Å². The van der Waals surface area contributed by atoms with Gasteiger partial charge in [-0.25, -0.2) is 9.59 Å². The smallest absolute Gasteiger partial charge is 0.335 e. The minimum atomic E-state index is -1.97. The monoisotopic (exact) mass is 1250 g/mol. The molecule has 9 aliphatic rings. The van der Waals surface area contributed by atoms with E-state index in [1.54, 1.807) is 0 Å². The summed E-state index contributed by atoms with van der Waals surface area (Å²) in [7, 11) is 0. The second kappa shape index (κ2) is 24.9. The van der Waals surface area contributed by atoms with Crippen LogP contribution in [-0.2, 0) is 52.3 Å². The minimum Gasteiger partial charge on any atom is -0.479 e. The topological polar surface area (TPSA) is 418 Å². The summed E-state index contributed by atoms with van der Waals surface area (Å²) in [5.41, 5.74) is -2.43. The van der Waals surface area contributed by atoms with Crippen LogP contribution in [0, 0.1) is 50.2 Å². The molecule has 8 fully saturated rings. The van der Waals surface area contributed by atoms with Crippen molar-refractivity contribution in [2.24, 2.45) is 50.2 Å². The number of allylic oxidation sites excluding steroid dienone is 2. The Balaban J connectivity index is 0.908. The fourth-order valence-electron chi connectivity index (χ4n) is 17.2. The van der Waals surface area contributed by atoms with Gasteiger partial charge in [0.25, 0.3) is 0 Å². The lowest BCUT2D eigenvalue weighted by Gasteiger charge is -2.71. The van der Waals surface area contributed by atoms with Crippen molar-refractivity contribution < 1.29 is 129 Å². The maximum Gasteiger partial charge on any atom is 0.335 e. The molecule has 28 atom stereocenters. The van der Waals surface area contributed by atoms with Crippen LogP contribution in [-0.4, -0.2) is 238 Å². The standard InChI is InChI=1S/C62H90O26/c1-57(2)20-21-62(30(22-57)29-13-14-35-59(5)18-17-37(84-54-47(76)43(72)44(73)49(87-54)51(77)78)58(3,4)34(59)16-19-60(35,6)61(29,7)23-36(62)66)56(79)88-55-50(48(31(65)26-80-55)86-53-46(75)42(71)40(69)33(25-64)83-53)85-38(67)15-10-27-8-11-28(12-9-27)81-52-45(74)41(70)39(68)32(24-63)82-52/h8-13,15,30-37,39-50,52-55,63-66,68-76H,14,16-26H2,1-7H3,(H,77,78). The Morgan fingerprint density at radius 2 is 1.23 bits per heavy atom. The first kappa shape index (κ1) is 67.1. The van der Waals surface area contributed by atoms with Gasteiger partial charge >= 0.3 is 17.9 Å². The largest absolute Gasteiger partial charge is 0.479 e. The van der Waals surface area contributed by atoms with Crippen LogP contribution in [0.15, 0.2) is 42.0 Å². The molecule has 0 amide bonds. The summed E-state index contributed by atoms with van der Waals surface area (Å²) in [5.74, 6) is -3.77. The zero-order valence-corrected chi connectivity index (χ0v) is 50.5. The molecule has 28 unspecified atom stereocenters. The summed E-state index contributed by atoms with van der Waals surface area (Å²) in [5, 5.41) is 149. The van der Waals surface area contributed by atoms with E-state index in [0.717, 1.165) is 24.5 Å². The molecule has 4 aliphatic heterocycles. The molecular weight excluding hydrogens is 1160 g/mol. The molecule has 494 valence electrons. The van der Waals surface area contributed by atoms with Crippen molar-refractivity contribution in [1.82, 2.24) is 0 Å². The fourth-order valence-corrected chi connectivity index (χ4v) is 17.2. The summed E-state index contributed by atoms with van der Waals surface area (Å²) < 4.78 is 53.3. The number of rotatable bonds is 14. The van der Waals surface area contributed by atoms with E-state index < -0.39 is 194 Å². The van der Waals surface area contributed by atoms with Crippen molar-refractivity contribution in [1.29, 1.82) is 0 Å². The molecule has 0 spiro atoms. The molecule has 0 bridgehead atoms. The molecule has 4 saturated carbocycles. The second-order valence-electron chi connectivity index (χ2n) is 28.3. The Hall–Kier alpha value is -3.85. The van der Waals surface area contributed by atoms with Gasteiger partial charge in [-0.15, -0.1) is 0 Å². The van der Waals surface area contributed by atoms with E-state index in [4.69, 9.17) is 42.6 Å². The third kappa shape index (κ3) is 11.5. The van der Waals surface area contributed by atoms with Crippen LogP contribution in [0.5, 0.6) is 5.75 Å². The van der Waals surface area contributed by atoms with Crippen LogP contribution in [0.4, 0.5) is 0 Å². The Kier molecular flexibility index (Phi) is 19.0. The van der Waals surface area contributed by atoms with Crippen molar-refractivity contribution in [3.05, 3.63) is 47.6 Å². The Morgan fingerprint density at radius 1 is 0.625 bits per heavy atom. The number of aliphatic hydroxyl groups is 13. The molecule has 0 radical (unpaired) electrons. The van der Waals surface area contributed by atoms with E-state index in [-0.39, 0.29) is 41.3 Å². The summed E-state index contributed by atoms with van der Waals surface area (Å²) in [6.45, 7) is 13.1. The molecule has 10 rings (SSSR count). The van der Waals surface area contributed by atoms with Crippen molar-refractivity contribution in [2.75, 3.05) is 19.8 Å².